The Bertz CT molecular complexity index is 397. The van der Waals surface area contributed by atoms with E-state index >= 15 is 0 Å². The molecule has 0 aliphatic rings. The number of halogens is 1. The first-order chi connectivity index (χ1) is 7.65. The van der Waals surface area contributed by atoms with Gasteiger partial charge in [-0.2, -0.15) is 0 Å². The fourth-order valence-electron chi connectivity index (χ4n) is 1.15. The molecule has 0 aromatic heterocycles. The van der Waals surface area contributed by atoms with Crippen LogP contribution >= 0.6 is 0 Å². The van der Waals surface area contributed by atoms with Crippen molar-refractivity contribution >= 4 is 8.32 Å². The fourth-order valence-corrected chi connectivity index (χ4v) is 2.10. The quantitative estimate of drug-likeness (QED) is 0.827. The molecule has 1 aromatic carbocycles. The molecule has 0 saturated heterocycles. The zero-order valence-corrected chi connectivity index (χ0v) is 12.2. The fraction of sp³-hybridized carbons (Fsp3) is 0.538. The number of aromatic hydroxyl groups is 1. The molecule has 0 unspecified atom stereocenters. The molecule has 17 heavy (non-hydrogen) atoms. The summed E-state index contributed by atoms with van der Waals surface area (Å²) in [6.07, 6.45) is 0. The molecule has 4 heteroatoms. The van der Waals surface area contributed by atoms with Crippen molar-refractivity contribution in [1.82, 2.24) is 0 Å². The molecule has 0 aliphatic heterocycles. The minimum atomic E-state index is -1.88. The van der Waals surface area contributed by atoms with Gasteiger partial charge in [0.25, 0.3) is 0 Å². The largest absolute Gasteiger partial charge is 0.505 e. The van der Waals surface area contributed by atoms with Gasteiger partial charge < -0.3 is 9.53 Å². The molecule has 1 aromatic rings. The van der Waals surface area contributed by atoms with E-state index in [0.717, 1.165) is 0 Å². The highest BCUT2D eigenvalue weighted by Gasteiger charge is 2.37. The van der Waals surface area contributed by atoms with Crippen molar-refractivity contribution in [3.63, 3.8) is 0 Å². The van der Waals surface area contributed by atoms with Crippen LogP contribution in [0.5, 0.6) is 5.75 Å². The lowest BCUT2D eigenvalue weighted by molar-refractivity contribution is 0.269. The lowest BCUT2D eigenvalue weighted by Crippen LogP contribution is -2.40. The van der Waals surface area contributed by atoms with E-state index in [1.807, 2.05) is 0 Å². The summed E-state index contributed by atoms with van der Waals surface area (Å²) in [5.74, 6) is -0.896. The SMILES string of the molecule is CC(C)(C)[Si](C)(C)OCc1cccc(O)c1F. The van der Waals surface area contributed by atoms with E-state index in [1.54, 1.807) is 12.1 Å². The Kier molecular flexibility index (Phi) is 3.99. The molecule has 96 valence electrons. The summed E-state index contributed by atoms with van der Waals surface area (Å²) in [6, 6.07) is 4.61. The zero-order chi connectivity index (χ0) is 13.3. The minimum absolute atomic E-state index is 0.0975. The average Bonchev–Trinajstić information content (AvgIpc) is 2.18. The van der Waals surface area contributed by atoms with E-state index in [4.69, 9.17) is 4.43 Å². The van der Waals surface area contributed by atoms with Gasteiger partial charge in [-0.3, -0.25) is 0 Å². The van der Waals surface area contributed by atoms with E-state index in [-0.39, 0.29) is 17.4 Å². The summed E-state index contributed by atoms with van der Waals surface area (Å²) in [5, 5.41) is 9.37. The third-order valence-electron chi connectivity index (χ3n) is 3.45. The highest BCUT2D eigenvalue weighted by molar-refractivity contribution is 6.74. The van der Waals surface area contributed by atoms with Gasteiger partial charge in [-0.15, -0.1) is 0 Å². The van der Waals surface area contributed by atoms with Gasteiger partial charge in [-0.1, -0.05) is 32.9 Å². The Morgan fingerprint density at radius 1 is 1.29 bits per heavy atom. The highest BCUT2D eigenvalue weighted by Crippen LogP contribution is 2.37. The van der Waals surface area contributed by atoms with Gasteiger partial charge in [0.1, 0.15) is 0 Å². The van der Waals surface area contributed by atoms with Crippen LogP contribution in [-0.2, 0) is 11.0 Å². The van der Waals surface area contributed by atoms with Crippen molar-refractivity contribution < 1.29 is 13.9 Å². The molecule has 1 N–H and O–H groups in total. The van der Waals surface area contributed by atoms with Gasteiger partial charge in [0, 0.05) is 5.56 Å². The zero-order valence-electron chi connectivity index (χ0n) is 11.2. The first kappa shape index (κ1) is 14.2. The van der Waals surface area contributed by atoms with Crippen LogP contribution in [0, 0.1) is 5.82 Å². The first-order valence-corrected chi connectivity index (χ1v) is 8.66. The van der Waals surface area contributed by atoms with Gasteiger partial charge in [-0.25, -0.2) is 4.39 Å². The first-order valence-electron chi connectivity index (χ1n) is 5.75. The van der Waals surface area contributed by atoms with Crippen LogP contribution in [-0.4, -0.2) is 13.4 Å². The summed E-state index contributed by atoms with van der Waals surface area (Å²) < 4.78 is 19.5. The second-order valence-corrected chi connectivity index (χ2v) is 10.6. The summed E-state index contributed by atoms with van der Waals surface area (Å²) in [6.45, 7) is 10.9. The molecular formula is C13H21FO2Si. The lowest BCUT2D eigenvalue weighted by atomic mass is 10.2. The average molecular weight is 256 g/mol. The summed E-state index contributed by atoms with van der Waals surface area (Å²) >= 11 is 0. The van der Waals surface area contributed by atoms with Crippen molar-refractivity contribution in [3.8, 4) is 5.75 Å². The van der Waals surface area contributed by atoms with Crippen LogP contribution in [0.15, 0.2) is 18.2 Å². The molecule has 0 atom stereocenters. The second-order valence-electron chi connectivity index (χ2n) is 5.80. The molecule has 0 bridgehead atoms. The van der Waals surface area contributed by atoms with Crippen LogP contribution in [0.1, 0.15) is 26.3 Å². The Hall–Kier alpha value is -0.873. The number of rotatable bonds is 3. The van der Waals surface area contributed by atoms with Crippen LogP contribution in [0.25, 0.3) is 0 Å². The van der Waals surface area contributed by atoms with E-state index in [2.05, 4.69) is 33.9 Å². The normalized spacial score (nSPS) is 12.8. The maximum atomic E-state index is 13.6. The Balaban J connectivity index is 2.78. The molecule has 0 spiro atoms. The van der Waals surface area contributed by atoms with E-state index < -0.39 is 14.1 Å². The van der Waals surface area contributed by atoms with Crippen LogP contribution in [0.4, 0.5) is 4.39 Å². The maximum Gasteiger partial charge on any atom is 0.192 e. The third kappa shape index (κ3) is 3.29. The molecule has 0 radical (unpaired) electrons. The molecule has 0 fully saturated rings. The number of hydrogen-bond acceptors (Lipinski definition) is 2. The monoisotopic (exact) mass is 256 g/mol. The molecular weight excluding hydrogens is 235 g/mol. The summed E-state index contributed by atoms with van der Waals surface area (Å²) in [5.41, 5.74) is 0.412. The van der Waals surface area contributed by atoms with Gasteiger partial charge in [0.05, 0.1) is 6.61 Å². The second kappa shape index (κ2) is 4.78. The molecule has 0 amide bonds. The van der Waals surface area contributed by atoms with Crippen molar-refractivity contribution in [1.29, 1.82) is 0 Å². The summed E-state index contributed by atoms with van der Waals surface area (Å²) in [4.78, 5) is 0. The predicted molar refractivity (Wildman–Crippen MR) is 70.1 cm³/mol. The molecule has 2 nitrogen and oxygen atoms in total. The number of phenols is 1. The maximum absolute atomic E-state index is 13.6. The van der Waals surface area contributed by atoms with Crippen LogP contribution in [0.3, 0.4) is 0 Å². The van der Waals surface area contributed by atoms with Crippen molar-refractivity contribution in [2.75, 3.05) is 0 Å². The van der Waals surface area contributed by atoms with E-state index in [1.165, 1.54) is 6.07 Å². The number of phenolic OH excluding ortho intramolecular Hbond substituents is 1. The molecule has 1 rings (SSSR count). The molecule has 0 saturated carbocycles. The van der Waals surface area contributed by atoms with Gasteiger partial charge in [0.15, 0.2) is 19.9 Å². The number of hydrogen-bond donors (Lipinski definition) is 1. The Morgan fingerprint density at radius 3 is 2.41 bits per heavy atom. The number of benzene rings is 1. The molecule has 0 aliphatic carbocycles. The predicted octanol–water partition coefficient (Wildman–Crippen LogP) is 4.05. The Labute approximate surface area is 104 Å². The van der Waals surface area contributed by atoms with Crippen LogP contribution < -0.4 is 0 Å². The standard InChI is InChI=1S/C13H21FO2Si/c1-13(2,3)17(4,5)16-9-10-7-6-8-11(15)12(10)14/h6-8,15H,9H2,1-5H3. The van der Waals surface area contributed by atoms with Crippen molar-refractivity contribution in [2.24, 2.45) is 0 Å². The molecule has 0 heterocycles. The van der Waals surface area contributed by atoms with Gasteiger partial charge in [0.2, 0.25) is 0 Å². The smallest absolute Gasteiger partial charge is 0.192 e. The lowest BCUT2D eigenvalue weighted by Gasteiger charge is -2.36. The minimum Gasteiger partial charge on any atom is -0.505 e. The van der Waals surface area contributed by atoms with Gasteiger partial charge >= 0.3 is 0 Å². The van der Waals surface area contributed by atoms with Crippen molar-refractivity contribution in [3.05, 3.63) is 29.6 Å². The Morgan fingerprint density at radius 2 is 1.88 bits per heavy atom. The van der Waals surface area contributed by atoms with Crippen LogP contribution in [0.2, 0.25) is 18.1 Å². The highest BCUT2D eigenvalue weighted by atomic mass is 28.4. The van der Waals surface area contributed by atoms with E-state index in [9.17, 15) is 9.50 Å². The van der Waals surface area contributed by atoms with E-state index in [0.29, 0.717) is 5.56 Å². The third-order valence-corrected chi connectivity index (χ3v) is 7.93. The van der Waals surface area contributed by atoms with Gasteiger partial charge in [-0.05, 0) is 24.2 Å². The topological polar surface area (TPSA) is 29.5 Å². The van der Waals surface area contributed by atoms with Crippen molar-refractivity contribution in [2.45, 2.75) is 45.5 Å². The summed E-state index contributed by atoms with van der Waals surface area (Å²) in [7, 11) is -1.88.